The molecule has 0 saturated heterocycles. The highest BCUT2D eigenvalue weighted by molar-refractivity contribution is 5.79. The molecule has 17 heavy (non-hydrogen) atoms. The Morgan fingerprint density at radius 2 is 2.18 bits per heavy atom. The van der Waals surface area contributed by atoms with Gasteiger partial charge in [0.15, 0.2) is 0 Å². The van der Waals surface area contributed by atoms with E-state index in [0.717, 1.165) is 12.0 Å². The molecule has 94 valence electrons. The van der Waals surface area contributed by atoms with E-state index in [4.69, 9.17) is 0 Å². The van der Waals surface area contributed by atoms with Crippen molar-refractivity contribution in [2.24, 2.45) is 0 Å². The van der Waals surface area contributed by atoms with Gasteiger partial charge in [-0.15, -0.1) is 0 Å². The van der Waals surface area contributed by atoms with E-state index in [1.165, 1.54) is 0 Å². The second kappa shape index (κ2) is 7.07. The maximum absolute atomic E-state index is 11.6. The molecule has 0 aliphatic rings. The average Bonchev–Trinajstić information content (AvgIpc) is 2.27. The first-order valence-electron chi connectivity index (χ1n) is 6.09. The Bertz CT molecular complexity index is 360. The van der Waals surface area contributed by atoms with E-state index < -0.39 is 6.10 Å². The quantitative estimate of drug-likeness (QED) is 0.764. The molecule has 1 aromatic rings. The van der Waals surface area contributed by atoms with Crippen LogP contribution in [0, 0.1) is 0 Å². The van der Waals surface area contributed by atoms with Gasteiger partial charge in [0.05, 0.1) is 6.10 Å². The second-order valence-corrected chi connectivity index (χ2v) is 4.36. The number of benzene rings is 1. The summed E-state index contributed by atoms with van der Waals surface area (Å²) in [4.78, 5) is 11.6. The van der Waals surface area contributed by atoms with Crippen LogP contribution >= 0.6 is 0 Å². The first-order chi connectivity index (χ1) is 8.11. The van der Waals surface area contributed by atoms with Gasteiger partial charge in [-0.25, -0.2) is 0 Å². The average molecular weight is 236 g/mol. The molecule has 1 unspecified atom stereocenters. The van der Waals surface area contributed by atoms with Gasteiger partial charge in [0, 0.05) is 12.8 Å². The van der Waals surface area contributed by atoms with Crippen molar-refractivity contribution in [3.8, 4) is 5.75 Å². The minimum atomic E-state index is -0.503. The summed E-state index contributed by atoms with van der Waals surface area (Å²) in [6.07, 6.45) is 2.35. The van der Waals surface area contributed by atoms with Crippen molar-refractivity contribution in [3.63, 3.8) is 0 Å². The summed E-state index contributed by atoms with van der Waals surface area (Å²) in [5, 5.41) is 18.8. The number of rotatable bonds is 7. The van der Waals surface area contributed by atoms with E-state index >= 15 is 0 Å². The molecule has 0 heterocycles. The molecule has 1 atom stereocenters. The number of aliphatic hydroxyl groups excluding tert-OH is 1. The lowest BCUT2D eigenvalue weighted by molar-refractivity contribution is -0.121. The fourth-order valence-electron chi connectivity index (χ4n) is 1.80. The molecule has 0 aliphatic heterocycles. The zero-order chi connectivity index (χ0) is 12.7. The predicted octanol–water partition coefficient (Wildman–Crippen LogP) is 2.45. The fraction of sp³-hybridized carbons (Fsp3) is 0.500. The Morgan fingerprint density at radius 3 is 2.82 bits per heavy atom. The molecule has 0 radical (unpaired) electrons. The summed E-state index contributed by atoms with van der Waals surface area (Å²) in [5.41, 5.74) is 0.948. The molecule has 2 N–H and O–H groups in total. The molecule has 0 bridgehead atoms. The number of phenolic OH excluding ortho intramolecular Hbond substituents is 1. The van der Waals surface area contributed by atoms with E-state index in [0.29, 0.717) is 19.3 Å². The van der Waals surface area contributed by atoms with Crippen LogP contribution in [0.4, 0.5) is 0 Å². The molecule has 0 aliphatic carbocycles. The predicted molar refractivity (Wildman–Crippen MR) is 67.0 cm³/mol. The van der Waals surface area contributed by atoms with Crippen LogP contribution in [0.2, 0.25) is 0 Å². The smallest absolute Gasteiger partial charge is 0.135 e. The van der Waals surface area contributed by atoms with Crippen molar-refractivity contribution in [2.75, 3.05) is 0 Å². The van der Waals surface area contributed by atoms with Crippen molar-refractivity contribution in [1.29, 1.82) is 0 Å². The van der Waals surface area contributed by atoms with Gasteiger partial charge in [-0.2, -0.15) is 0 Å². The number of Topliss-reactive ketones (excluding diaryl/α,β-unsaturated/α-hetero) is 1. The number of hydrogen-bond acceptors (Lipinski definition) is 3. The first-order valence-corrected chi connectivity index (χ1v) is 6.09. The molecule has 0 spiro atoms. The van der Waals surface area contributed by atoms with Gasteiger partial charge in [0.2, 0.25) is 0 Å². The number of phenols is 1. The molecule has 1 aromatic carbocycles. The number of ketones is 1. The maximum Gasteiger partial charge on any atom is 0.135 e. The van der Waals surface area contributed by atoms with E-state index in [1.807, 2.05) is 13.0 Å². The van der Waals surface area contributed by atoms with E-state index in [1.54, 1.807) is 18.2 Å². The molecule has 3 nitrogen and oxygen atoms in total. The number of aromatic hydroxyl groups is 1. The van der Waals surface area contributed by atoms with Crippen molar-refractivity contribution in [2.45, 2.75) is 45.1 Å². The van der Waals surface area contributed by atoms with Crippen molar-refractivity contribution >= 4 is 5.78 Å². The monoisotopic (exact) mass is 236 g/mol. The van der Waals surface area contributed by atoms with Crippen LogP contribution in [0.15, 0.2) is 24.3 Å². The third-order valence-electron chi connectivity index (χ3n) is 2.69. The summed E-state index contributed by atoms with van der Waals surface area (Å²) in [5.74, 6) is 0.301. The van der Waals surface area contributed by atoms with Gasteiger partial charge in [0.1, 0.15) is 11.5 Å². The zero-order valence-corrected chi connectivity index (χ0v) is 10.2. The molecule has 3 heteroatoms. The SMILES string of the molecule is CCCC(O)CC(=O)CCc1cccc(O)c1. The van der Waals surface area contributed by atoms with E-state index in [9.17, 15) is 15.0 Å². The highest BCUT2D eigenvalue weighted by atomic mass is 16.3. The molecule has 0 saturated carbocycles. The van der Waals surface area contributed by atoms with Gasteiger partial charge >= 0.3 is 0 Å². The minimum absolute atomic E-state index is 0.0780. The van der Waals surface area contributed by atoms with Crippen LogP contribution in [0.3, 0.4) is 0 Å². The van der Waals surface area contributed by atoms with Gasteiger partial charge in [-0.3, -0.25) is 4.79 Å². The van der Waals surface area contributed by atoms with Gasteiger partial charge < -0.3 is 10.2 Å². The van der Waals surface area contributed by atoms with Crippen LogP contribution in [0.25, 0.3) is 0 Å². The van der Waals surface area contributed by atoms with Gasteiger partial charge in [-0.1, -0.05) is 25.5 Å². The molecule has 1 rings (SSSR count). The first kappa shape index (κ1) is 13.7. The standard InChI is InChI=1S/C14H20O3/c1-2-4-12(15)10-14(17)8-7-11-5-3-6-13(16)9-11/h3,5-6,9,12,15-16H,2,4,7-8,10H2,1H3. The summed E-state index contributed by atoms with van der Waals surface area (Å²) >= 11 is 0. The number of aryl methyl sites for hydroxylation is 1. The summed E-state index contributed by atoms with van der Waals surface area (Å²) in [7, 11) is 0. The Hall–Kier alpha value is -1.35. The number of hydrogen-bond donors (Lipinski definition) is 2. The molecule has 0 amide bonds. The minimum Gasteiger partial charge on any atom is -0.508 e. The second-order valence-electron chi connectivity index (χ2n) is 4.36. The van der Waals surface area contributed by atoms with Crippen molar-refractivity contribution < 1.29 is 15.0 Å². The zero-order valence-electron chi connectivity index (χ0n) is 10.2. The fourth-order valence-corrected chi connectivity index (χ4v) is 1.80. The van der Waals surface area contributed by atoms with E-state index in [2.05, 4.69) is 0 Å². The topological polar surface area (TPSA) is 57.5 Å². The summed E-state index contributed by atoms with van der Waals surface area (Å²) in [6.45, 7) is 1.99. The third-order valence-corrected chi connectivity index (χ3v) is 2.69. The number of carbonyl (C=O) groups is 1. The molecular formula is C14H20O3. The largest absolute Gasteiger partial charge is 0.508 e. The Morgan fingerprint density at radius 1 is 1.41 bits per heavy atom. The Balaban J connectivity index is 2.33. The summed E-state index contributed by atoms with van der Waals surface area (Å²) < 4.78 is 0. The lowest BCUT2D eigenvalue weighted by Gasteiger charge is -2.08. The number of carbonyl (C=O) groups excluding carboxylic acids is 1. The van der Waals surface area contributed by atoms with Crippen LogP contribution in [0.1, 0.15) is 38.2 Å². The lowest BCUT2D eigenvalue weighted by atomic mass is 10.0. The highest BCUT2D eigenvalue weighted by Crippen LogP contribution is 2.13. The highest BCUT2D eigenvalue weighted by Gasteiger charge is 2.10. The third kappa shape index (κ3) is 5.50. The van der Waals surface area contributed by atoms with Gasteiger partial charge in [0.25, 0.3) is 0 Å². The van der Waals surface area contributed by atoms with Crippen LogP contribution < -0.4 is 0 Å². The molecular weight excluding hydrogens is 216 g/mol. The van der Waals surface area contributed by atoms with E-state index in [-0.39, 0.29) is 18.0 Å². The molecule has 0 aromatic heterocycles. The molecule has 0 fully saturated rings. The van der Waals surface area contributed by atoms with Crippen molar-refractivity contribution in [3.05, 3.63) is 29.8 Å². The summed E-state index contributed by atoms with van der Waals surface area (Å²) in [6, 6.07) is 6.92. The van der Waals surface area contributed by atoms with Crippen molar-refractivity contribution in [1.82, 2.24) is 0 Å². The van der Waals surface area contributed by atoms with Crippen LogP contribution in [-0.2, 0) is 11.2 Å². The number of aliphatic hydroxyl groups is 1. The Labute approximate surface area is 102 Å². The maximum atomic E-state index is 11.6. The Kier molecular flexibility index (Phi) is 5.70. The normalized spacial score (nSPS) is 12.4. The lowest BCUT2D eigenvalue weighted by Crippen LogP contribution is -2.13. The van der Waals surface area contributed by atoms with Crippen LogP contribution in [0.5, 0.6) is 5.75 Å². The van der Waals surface area contributed by atoms with Gasteiger partial charge in [-0.05, 0) is 30.5 Å². The van der Waals surface area contributed by atoms with Crippen LogP contribution in [-0.4, -0.2) is 22.1 Å².